The third-order valence-corrected chi connectivity index (χ3v) is 2.82. The van der Waals surface area contributed by atoms with Crippen LogP contribution in [0.4, 0.5) is 11.6 Å². The molecule has 0 aromatic carbocycles. The largest absolute Gasteiger partial charge is 0.358 e. The lowest BCUT2D eigenvalue weighted by Gasteiger charge is -2.19. The number of aromatic nitrogens is 2. The molecule has 1 rings (SSSR count). The van der Waals surface area contributed by atoms with Crippen molar-refractivity contribution in [1.29, 1.82) is 0 Å². The Bertz CT molecular complexity index is 474. The third-order valence-electron chi connectivity index (χ3n) is 2.82. The minimum Gasteiger partial charge on any atom is -0.358 e. The van der Waals surface area contributed by atoms with Gasteiger partial charge in [0.15, 0.2) is 0 Å². The summed E-state index contributed by atoms with van der Waals surface area (Å²) in [5.74, 6) is 7.24. The van der Waals surface area contributed by atoms with Crippen LogP contribution in [0.1, 0.15) is 39.1 Å². The molecule has 0 aliphatic carbocycles. The van der Waals surface area contributed by atoms with E-state index >= 15 is 0 Å². The highest BCUT2D eigenvalue weighted by molar-refractivity contribution is 5.84. The molecule has 0 aliphatic heterocycles. The standard InChI is InChI=1S/C13H24N6O/c1-6-10-17-11(8(4)12(18-10)19-14)16-9(5)13(20)15-7(2)3/h7,9H,6,14H2,1-5H3,(H,15,20)(H2,16,17,18,19). The number of rotatable bonds is 6. The molecule has 0 fully saturated rings. The Balaban J connectivity index is 2.93. The number of aryl methyl sites for hydroxylation is 1. The van der Waals surface area contributed by atoms with Crippen LogP contribution in [0.5, 0.6) is 0 Å². The second kappa shape index (κ2) is 7.04. The van der Waals surface area contributed by atoms with Gasteiger partial charge in [-0.3, -0.25) is 4.79 Å². The minimum atomic E-state index is -0.388. The van der Waals surface area contributed by atoms with Gasteiger partial charge in [0.1, 0.15) is 23.5 Å². The normalized spacial score (nSPS) is 12.2. The maximum absolute atomic E-state index is 11.9. The van der Waals surface area contributed by atoms with Gasteiger partial charge >= 0.3 is 0 Å². The summed E-state index contributed by atoms with van der Waals surface area (Å²) in [6, 6.07) is -0.285. The van der Waals surface area contributed by atoms with Crippen molar-refractivity contribution in [3.05, 3.63) is 11.4 Å². The van der Waals surface area contributed by atoms with Gasteiger partial charge in [-0.1, -0.05) is 6.92 Å². The van der Waals surface area contributed by atoms with Crippen LogP contribution < -0.4 is 21.9 Å². The quantitative estimate of drug-likeness (QED) is 0.457. The van der Waals surface area contributed by atoms with Gasteiger partial charge in [-0.15, -0.1) is 0 Å². The summed E-state index contributed by atoms with van der Waals surface area (Å²) in [7, 11) is 0. The summed E-state index contributed by atoms with van der Waals surface area (Å²) < 4.78 is 0. The van der Waals surface area contributed by atoms with Gasteiger partial charge in [-0.2, -0.15) is 0 Å². The lowest BCUT2D eigenvalue weighted by Crippen LogP contribution is -2.41. The van der Waals surface area contributed by atoms with E-state index in [2.05, 4.69) is 26.0 Å². The fourth-order valence-electron chi connectivity index (χ4n) is 1.68. The Morgan fingerprint density at radius 3 is 2.35 bits per heavy atom. The summed E-state index contributed by atoms with van der Waals surface area (Å²) >= 11 is 0. The van der Waals surface area contributed by atoms with Crippen LogP contribution in [-0.4, -0.2) is 28.0 Å². The summed E-state index contributed by atoms with van der Waals surface area (Å²) in [6.45, 7) is 9.45. The van der Waals surface area contributed by atoms with Crippen molar-refractivity contribution >= 4 is 17.5 Å². The number of nitrogens with zero attached hydrogens (tertiary/aromatic N) is 2. The molecule has 7 heteroatoms. The zero-order valence-corrected chi connectivity index (χ0v) is 12.7. The monoisotopic (exact) mass is 280 g/mol. The molecule has 20 heavy (non-hydrogen) atoms. The van der Waals surface area contributed by atoms with Crippen molar-refractivity contribution in [2.75, 3.05) is 10.7 Å². The molecule has 1 amide bonds. The number of nitrogens with one attached hydrogen (secondary N) is 3. The molecule has 0 aliphatic rings. The fraction of sp³-hybridized carbons (Fsp3) is 0.615. The molecule has 5 N–H and O–H groups in total. The van der Waals surface area contributed by atoms with Crippen molar-refractivity contribution in [3.8, 4) is 0 Å². The van der Waals surface area contributed by atoms with E-state index in [4.69, 9.17) is 5.84 Å². The molecule has 0 bridgehead atoms. The number of nitrogens with two attached hydrogens (primary N) is 1. The SMILES string of the molecule is CCc1nc(NN)c(C)c(NC(C)C(=O)NC(C)C)n1. The van der Waals surface area contributed by atoms with Crippen molar-refractivity contribution in [2.24, 2.45) is 5.84 Å². The van der Waals surface area contributed by atoms with Crippen molar-refractivity contribution in [1.82, 2.24) is 15.3 Å². The topological polar surface area (TPSA) is 105 Å². The number of hydrogen-bond acceptors (Lipinski definition) is 6. The Kier molecular flexibility index (Phi) is 5.69. The van der Waals surface area contributed by atoms with E-state index in [0.717, 1.165) is 5.56 Å². The Morgan fingerprint density at radius 1 is 1.25 bits per heavy atom. The number of carbonyl (C=O) groups is 1. The fourth-order valence-corrected chi connectivity index (χ4v) is 1.68. The van der Waals surface area contributed by atoms with E-state index in [-0.39, 0.29) is 18.0 Å². The minimum absolute atomic E-state index is 0.0710. The van der Waals surface area contributed by atoms with Crippen molar-refractivity contribution in [3.63, 3.8) is 0 Å². The first-order valence-corrected chi connectivity index (χ1v) is 6.80. The van der Waals surface area contributed by atoms with E-state index in [1.807, 2.05) is 27.7 Å². The van der Waals surface area contributed by atoms with Gasteiger partial charge in [-0.05, 0) is 27.7 Å². The average Bonchev–Trinajstić information content (AvgIpc) is 2.40. The zero-order chi connectivity index (χ0) is 15.3. The molecule has 7 nitrogen and oxygen atoms in total. The molecule has 112 valence electrons. The summed E-state index contributed by atoms with van der Waals surface area (Å²) in [6.07, 6.45) is 0.691. The number of carbonyl (C=O) groups excluding carboxylic acids is 1. The molecule has 0 saturated heterocycles. The van der Waals surface area contributed by atoms with E-state index in [1.165, 1.54) is 0 Å². The van der Waals surface area contributed by atoms with Crippen molar-refractivity contribution < 1.29 is 4.79 Å². The highest BCUT2D eigenvalue weighted by Crippen LogP contribution is 2.20. The van der Waals surface area contributed by atoms with Crippen LogP contribution in [0.3, 0.4) is 0 Å². The Hall–Kier alpha value is -1.89. The first-order valence-electron chi connectivity index (χ1n) is 6.80. The first kappa shape index (κ1) is 16.2. The predicted octanol–water partition coefficient (Wildman–Crippen LogP) is 0.958. The van der Waals surface area contributed by atoms with Crippen LogP contribution in [0.25, 0.3) is 0 Å². The summed E-state index contributed by atoms with van der Waals surface area (Å²) in [4.78, 5) is 20.6. The second-order valence-corrected chi connectivity index (χ2v) is 4.99. The number of anilines is 2. The van der Waals surface area contributed by atoms with Crippen LogP contribution in [0.2, 0.25) is 0 Å². The summed E-state index contributed by atoms with van der Waals surface area (Å²) in [5.41, 5.74) is 3.34. The van der Waals surface area contributed by atoms with Crippen LogP contribution >= 0.6 is 0 Å². The number of nitrogen functional groups attached to an aromatic ring is 1. The van der Waals surface area contributed by atoms with Crippen LogP contribution in [0.15, 0.2) is 0 Å². The van der Waals surface area contributed by atoms with Gasteiger partial charge in [0, 0.05) is 18.0 Å². The lowest BCUT2D eigenvalue weighted by molar-refractivity contribution is -0.122. The Labute approximate surface area is 119 Å². The second-order valence-electron chi connectivity index (χ2n) is 4.99. The van der Waals surface area contributed by atoms with Gasteiger partial charge < -0.3 is 16.1 Å². The van der Waals surface area contributed by atoms with Crippen molar-refractivity contribution in [2.45, 2.75) is 53.1 Å². The highest BCUT2D eigenvalue weighted by Gasteiger charge is 2.17. The molecular formula is C13H24N6O. The van der Waals surface area contributed by atoms with Gasteiger partial charge in [0.2, 0.25) is 5.91 Å². The van der Waals surface area contributed by atoms with E-state index < -0.39 is 0 Å². The van der Waals surface area contributed by atoms with Crippen LogP contribution in [-0.2, 0) is 11.2 Å². The number of hydrazine groups is 1. The molecule has 1 aromatic rings. The molecule has 1 atom stereocenters. The molecule has 0 saturated carbocycles. The Morgan fingerprint density at radius 2 is 1.85 bits per heavy atom. The molecule has 1 aromatic heterocycles. The molecule has 1 heterocycles. The van der Waals surface area contributed by atoms with Gasteiger partial charge in [-0.25, -0.2) is 15.8 Å². The molecule has 0 spiro atoms. The van der Waals surface area contributed by atoms with Gasteiger partial charge in [0.05, 0.1) is 0 Å². The predicted molar refractivity (Wildman–Crippen MR) is 80.3 cm³/mol. The number of hydrogen-bond donors (Lipinski definition) is 4. The third kappa shape index (κ3) is 4.06. The number of amides is 1. The van der Waals surface area contributed by atoms with Gasteiger partial charge in [0.25, 0.3) is 0 Å². The van der Waals surface area contributed by atoms with E-state index in [9.17, 15) is 4.79 Å². The average molecular weight is 280 g/mol. The summed E-state index contributed by atoms with van der Waals surface area (Å²) in [5, 5.41) is 5.96. The molecule has 0 radical (unpaired) electrons. The molecular weight excluding hydrogens is 256 g/mol. The maximum Gasteiger partial charge on any atom is 0.242 e. The maximum atomic E-state index is 11.9. The smallest absolute Gasteiger partial charge is 0.242 e. The highest BCUT2D eigenvalue weighted by atomic mass is 16.2. The van der Waals surface area contributed by atoms with E-state index in [0.29, 0.717) is 23.9 Å². The molecule has 1 unspecified atom stereocenters. The first-order chi connectivity index (χ1) is 9.38. The zero-order valence-electron chi connectivity index (χ0n) is 12.7. The van der Waals surface area contributed by atoms with E-state index in [1.54, 1.807) is 6.92 Å². The van der Waals surface area contributed by atoms with Crippen LogP contribution in [0, 0.1) is 6.92 Å². The lowest BCUT2D eigenvalue weighted by atomic mass is 10.2.